The fraction of sp³-hybridized carbons (Fsp3) is 0.357. The van der Waals surface area contributed by atoms with Crippen LogP contribution in [0, 0.1) is 6.92 Å². The van der Waals surface area contributed by atoms with Gasteiger partial charge in [0.1, 0.15) is 11.9 Å². The molecule has 0 radical (unpaired) electrons. The molecule has 0 unspecified atom stereocenters. The van der Waals surface area contributed by atoms with Gasteiger partial charge in [-0.25, -0.2) is 14.8 Å². The molecular formula is C14H14ClN7O2. The van der Waals surface area contributed by atoms with Crippen LogP contribution in [0.15, 0.2) is 12.3 Å². The number of nitrogens with zero attached hydrogens (tertiary/aromatic N) is 6. The maximum atomic E-state index is 11.3. The molecule has 1 fully saturated rings. The molecule has 0 aromatic carbocycles. The normalized spacial score (nSPS) is 14.9. The van der Waals surface area contributed by atoms with Crippen LogP contribution in [0.5, 0.6) is 0 Å². The van der Waals surface area contributed by atoms with Crippen LogP contribution in [0.3, 0.4) is 0 Å². The van der Waals surface area contributed by atoms with Gasteiger partial charge < -0.3 is 15.0 Å². The Morgan fingerprint density at radius 3 is 2.96 bits per heavy atom. The molecule has 0 aliphatic carbocycles. The van der Waals surface area contributed by atoms with Crippen molar-refractivity contribution in [1.29, 1.82) is 0 Å². The van der Waals surface area contributed by atoms with E-state index < -0.39 is 6.09 Å². The number of aryl methyl sites for hydroxylation is 1. The Balaban J connectivity index is 1.73. The van der Waals surface area contributed by atoms with Crippen LogP contribution < -0.4 is 10.2 Å². The third-order valence-electron chi connectivity index (χ3n) is 3.79. The van der Waals surface area contributed by atoms with Crippen LogP contribution >= 0.6 is 11.6 Å². The first-order valence-corrected chi connectivity index (χ1v) is 7.75. The van der Waals surface area contributed by atoms with Gasteiger partial charge in [-0.05, 0) is 13.0 Å². The first-order chi connectivity index (χ1) is 11.5. The van der Waals surface area contributed by atoms with E-state index in [9.17, 15) is 4.79 Å². The quantitative estimate of drug-likeness (QED) is 0.743. The van der Waals surface area contributed by atoms with Gasteiger partial charge in [-0.3, -0.25) is 0 Å². The fourth-order valence-electron chi connectivity index (χ4n) is 2.65. The lowest BCUT2D eigenvalue weighted by Gasteiger charge is -2.38. The van der Waals surface area contributed by atoms with Crippen molar-refractivity contribution in [2.45, 2.75) is 13.0 Å². The largest absolute Gasteiger partial charge is 0.442 e. The van der Waals surface area contributed by atoms with Crippen molar-refractivity contribution in [3.8, 4) is 0 Å². The molecule has 0 atom stereocenters. The Morgan fingerprint density at radius 1 is 1.42 bits per heavy atom. The number of nitrogens with one attached hydrogen (secondary N) is 1. The summed E-state index contributed by atoms with van der Waals surface area (Å²) in [6.07, 6.45) is 0.929. The standard InChI is InChI=1S/C14H14ClN7O2/c1-7-18-12-10-3-8(15)4-17-11(10)19-13(22(12)20-7)21-5-9(6-21)24-14(23)16-2/h3-4,9H,5-6H2,1-2H3,(H,16,23). The molecule has 0 saturated carbocycles. The zero-order valence-electron chi connectivity index (χ0n) is 13.0. The summed E-state index contributed by atoms with van der Waals surface area (Å²) in [5.41, 5.74) is 1.20. The Hall–Kier alpha value is -2.68. The van der Waals surface area contributed by atoms with E-state index in [4.69, 9.17) is 16.3 Å². The molecule has 10 heteroatoms. The molecule has 3 aromatic heterocycles. The van der Waals surface area contributed by atoms with Crippen LogP contribution in [0.1, 0.15) is 5.82 Å². The molecule has 1 saturated heterocycles. The summed E-state index contributed by atoms with van der Waals surface area (Å²) in [7, 11) is 1.53. The van der Waals surface area contributed by atoms with Gasteiger partial charge in [-0.15, -0.1) is 5.10 Å². The first kappa shape index (κ1) is 14.9. The van der Waals surface area contributed by atoms with Crippen molar-refractivity contribution >= 4 is 40.3 Å². The van der Waals surface area contributed by atoms with Gasteiger partial charge in [0.15, 0.2) is 11.3 Å². The minimum absolute atomic E-state index is 0.180. The lowest BCUT2D eigenvalue weighted by molar-refractivity contribution is 0.0818. The third kappa shape index (κ3) is 2.37. The minimum atomic E-state index is -0.441. The number of carbonyl (C=O) groups excluding carboxylic acids is 1. The summed E-state index contributed by atoms with van der Waals surface area (Å²) in [5, 5.41) is 8.10. The number of hydrogen-bond acceptors (Lipinski definition) is 7. The number of alkyl carbamates (subject to hydrolysis) is 1. The van der Waals surface area contributed by atoms with Gasteiger partial charge in [-0.1, -0.05) is 11.6 Å². The number of amides is 1. The molecule has 124 valence electrons. The van der Waals surface area contributed by atoms with Crippen molar-refractivity contribution < 1.29 is 9.53 Å². The molecule has 0 spiro atoms. The van der Waals surface area contributed by atoms with E-state index in [-0.39, 0.29) is 6.10 Å². The number of rotatable bonds is 2. The van der Waals surface area contributed by atoms with Gasteiger partial charge >= 0.3 is 6.09 Å². The first-order valence-electron chi connectivity index (χ1n) is 7.37. The highest BCUT2D eigenvalue weighted by atomic mass is 35.5. The Kier molecular flexibility index (Phi) is 3.38. The van der Waals surface area contributed by atoms with E-state index in [1.165, 1.54) is 7.05 Å². The van der Waals surface area contributed by atoms with Gasteiger partial charge in [0.25, 0.3) is 0 Å². The summed E-state index contributed by atoms with van der Waals surface area (Å²) in [6.45, 7) is 2.88. The number of fused-ring (bicyclic) bond motifs is 3. The molecule has 1 N–H and O–H groups in total. The van der Waals surface area contributed by atoms with E-state index in [2.05, 4.69) is 25.4 Å². The molecule has 9 nitrogen and oxygen atoms in total. The second-order valence-electron chi connectivity index (χ2n) is 5.51. The van der Waals surface area contributed by atoms with Gasteiger partial charge in [0.2, 0.25) is 5.95 Å². The SMILES string of the molecule is CNC(=O)OC1CN(c2nc3ncc(Cl)cc3c3nc(C)nn23)C1. The van der Waals surface area contributed by atoms with Crippen LogP contribution in [-0.2, 0) is 4.74 Å². The predicted molar refractivity (Wildman–Crippen MR) is 87.4 cm³/mol. The highest BCUT2D eigenvalue weighted by Crippen LogP contribution is 2.26. The zero-order chi connectivity index (χ0) is 16.8. The highest BCUT2D eigenvalue weighted by Gasteiger charge is 2.33. The molecule has 4 heterocycles. The second kappa shape index (κ2) is 5.45. The average Bonchev–Trinajstić information content (AvgIpc) is 2.92. The summed E-state index contributed by atoms with van der Waals surface area (Å²) in [5.74, 6) is 1.24. The zero-order valence-corrected chi connectivity index (χ0v) is 13.8. The van der Waals surface area contributed by atoms with Crippen LogP contribution in [0.25, 0.3) is 16.7 Å². The number of anilines is 1. The predicted octanol–water partition coefficient (Wildman–Crippen LogP) is 1.18. The molecule has 3 aromatic rings. The summed E-state index contributed by atoms with van der Waals surface area (Å²) in [6, 6.07) is 1.78. The van der Waals surface area contributed by atoms with Gasteiger partial charge in [-0.2, -0.15) is 9.50 Å². The Bertz CT molecular complexity index is 951. The summed E-state index contributed by atoms with van der Waals surface area (Å²) >= 11 is 6.04. The monoisotopic (exact) mass is 347 g/mol. The van der Waals surface area contributed by atoms with Crippen molar-refractivity contribution in [3.05, 3.63) is 23.1 Å². The van der Waals surface area contributed by atoms with E-state index in [0.29, 0.717) is 41.2 Å². The van der Waals surface area contributed by atoms with Crippen molar-refractivity contribution in [2.24, 2.45) is 0 Å². The van der Waals surface area contributed by atoms with E-state index in [1.807, 2.05) is 11.8 Å². The topological polar surface area (TPSA) is 97.5 Å². The van der Waals surface area contributed by atoms with E-state index in [0.717, 1.165) is 5.39 Å². The second-order valence-corrected chi connectivity index (χ2v) is 5.95. The van der Waals surface area contributed by atoms with Gasteiger partial charge in [0.05, 0.1) is 23.5 Å². The maximum Gasteiger partial charge on any atom is 0.407 e. The molecule has 4 rings (SSSR count). The fourth-order valence-corrected chi connectivity index (χ4v) is 2.81. The smallest absolute Gasteiger partial charge is 0.407 e. The van der Waals surface area contributed by atoms with Crippen LogP contribution in [-0.4, -0.2) is 56.9 Å². The van der Waals surface area contributed by atoms with E-state index >= 15 is 0 Å². The summed E-state index contributed by atoms with van der Waals surface area (Å²) in [4.78, 5) is 26.5. The Morgan fingerprint density at radius 2 is 2.21 bits per heavy atom. The maximum absolute atomic E-state index is 11.3. The van der Waals surface area contributed by atoms with Crippen molar-refractivity contribution in [3.63, 3.8) is 0 Å². The third-order valence-corrected chi connectivity index (χ3v) is 4.00. The lowest BCUT2D eigenvalue weighted by atomic mass is 10.2. The van der Waals surface area contributed by atoms with Crippen LogP contribution in [0.4, 0.5) is 10.7 Å². The number of aromatic nitrogens is 5. The number of ether oxygens (including phenoxy) is 1. The van der Waals surface area contributed by atoms with E-state index in [1.54, 1.807) is 16.8 Å². The highest BCUT2D eigenvalue weighted by molar-refractivity contribution is 6.31. The molecule has 1 aliphatic heterocycles. The minimum Gasteiger partial charge on any atom is -0.442 e. The lowest BCUT2D eigenvalue weighted by Crippen LogP contribution is -2.54. The molecule has 24 heavy (non-hydrogen) atoms. The van der Waals surface area contributed by atoms with Crippen molar-refractivity contribution in [1.82, 2.24) is 29.9 Å². The number of hydrogen-bond donors (Lipinski definition) is 1. The Labute approximate surface area is 141 Å². The molecule has 1 aliphatic rings. The number of halogens is 1. The van der Waals surface area contributed by atoms with Crippen molar-refractivity contribution in [2.75, 3.05) is 25.0 Å². The number of pyridine rings is 1. The molecular weight excluding hydrogens is 334 g/mol. The molecule has 0 bridgehead atoms. The molecule has 1 amide bonds. The van der Waals surface area contributed by atoms with Crippen LogP contribution in [0.2, 0.25) is 5.02 Å². The summed E-state index contributed by atoms with van der Waals surface area (Å²) < 4.78 is 6.88. The number of carbonyl (C=O) groups is 1. The van der Waals surface area contributed by atoms with Gasteiger partial charge in [0, 0.05) is 13.2 Å². The average molecular weight is 348 g/mol.